The fourth-order valence-corrected chi connectivity index (χ4v) is 3.76. The van der Waals surface area contributed by atoms with Crippen LogP contribution in [-0.4, -0.2) is 55.7 Å². The van der Waals surface area contributed by atoms with Crippen LogP contribution in [0.3, 0.4) is 0 Å². The number of likely N-dealkylation sites (tertiary alicyclic amines) is 1. The van der Waals surface area contributed by atoms with Crippen molar-refractivity contribution in [2.75, 3.05) is 31.6 Å². The zero-order chi connectivity index (χ0) is 18.5. The van der Waals surface area contributed by atoms with Gasteiger partial charge in [-0.1, -0.05) is 0 Å². The summed E-state index contributed by atoms with van der Waals surface area (Å²) in [7, 11) is 1.63. The summed E-state index contributed by atoms with van der Waals surface area (Å²) in [5.41, 5.74) is 0.978. The molecule has 6 nitrogen and oxygen atoms in total. The Morgan fingerprint density at radius 2 is 1.69 bits per heavy atom. The molecule has 2 aliphatic rings. The number of amides is 1. The summed E-state index contributed by atoms with van der Waals surface area (Å²) in [6, 6.07) is 7.37. The van der Waals surface area contributed by atoms with Crippen LogP contribution < -0.4 is 9.64 Å². The number of hydrogen-bond donors (Lipinski definition) is 0. The molecule has 1 aromatic carbocycles. The first-order valence-electron chi connectivity index (χ1n) is 9.50. The summed E-state index contributed by atoms with van der Waals surface area (Å²) in [4.78, 5) is 29.1. The van der Waals surface area contributed by atoms with E-state index in [-0.39, 0.29) is 17.9 Å². The lowest BCUT2D eigenvalue weighted by Crippen LogP contribution is -2.48. The maximum absolute atomic E-state index is 12.8. The number of anilines is 1. The Hall–Kier alpha value is -2.24. The molecule has 1 aromatic rings. The van der Waals surface area contributed by atoms with E-state index in [1.54, 1.807) is 18.9 Å². The molecule has 0 spiro atoms. The number of nitrogens with zero attached hydrogens (tertiary/aromatic N) is 2. The summed E-state index contributed by atoms with van der Waals surface area (Å²) in [5, 5.41) is 0. The van der Waals surface area contributed by atoms with Crippen LogP contribution in [-0.2, 0) is 14.3 Å². The molecule has 6 heteroatoms. The minimum Gasteiger partial charge on any atom is -0.497 e. The van der Waals surface area contributed by atoms with Crippen LogP contribution in [0.4, 0.5) is 5.69 Å². The molecule has 2 atom stereocenters. The first-order valence-corrected chi connectivity index (χ1v) is 9.50. The smallest absolute Gasteiger partial charge is 0.329 e. The van der Waals surface area contributed by atoms with Gasteiger partial charge < -0.3 is 19.3 Å². The summed E-state index contributed by atoms with van der Waals surface area (Å²) in [6.45, 7) is 4.02. The lowest BCUT2D eigenvalue weighted by Gasteiger charge is -2.36. The van der Waals surface area contributed by atoms with Crippen molar-refractivity contribution in [1.82, 2.24) is 4.90 Å². The minimum atomic E-state index is -0.722. The number of benzene rings is 1. The molecule has 1 unspecified atom stereocenters. The van der Waals surface area contributed by atoms with Gasteiger partial charge in [0, 0.05) is 25.3 Å². The minimum absolute atomic E-state index is 0.0809. The van der Waals surface area contributed by atoms with Crippen molar-refractivity contribution in [3.8, 4) is 5.75 Å². The van der Waals surface area contributed by atoms with Gasteiger partial charge in [0.05, 0.1) is 7.11 Å². The van der Waals surface area contributed by atoms with Crippen LogP contribution in [0.5, 0.6) is 5.75 Å². The van der Waals surface area contributed by atoms with Gasteiger partial charge in [-0.15, -0.1) is 0 Å². The van der Waals surface area contributed by atoms with Crippen molar-refractivity contribution in [2.45, 2.75) is 51.2 Å². The van der Waals surface area contributed by atoms with E-state index in [1.807, 2.05) is 24.3 Å². The van der Waals surface area contributed by atoms with Crippen molar-refractivity contribution in [2.24, 2.45) is 0 Å². The quantitative estimate of drug-likeness (QED) is 0.756. The summed E-state index contributed by atoms with van der Waals surface area (Å²) in [5.74, 6) is 0.401. The second-order valence-corrected chi connectivity index (χ2v) is 7.01. The number of rotatable bonds is 5. The number of piperidine rings is 1. The molecule has 0 aromatic heterocycles. The van der Waals surface area contributed by atoms with Gasteiger partial charge in [0.25, 0.3) is 5.91 Å². The van der Waals surface area contributed by atoms with Crippen LogP contribution in [0, 0.1) is 0 Å². The highest BCUT2D eigenvalue weighted by Gasteiger charge is 2.33. The summed E-state index contributed by atoms with van der Waals surface area (Å²) < 4.78 is 10.8. The van der Waals surface area contributed by atoms with Gasteiger partial charge in [-0.3, -0.25) is 4.79 Å². The third-order valence-corrected chi connectivity index (χ3v) is 5.24. The number of ether oxygens (including phenoxy) is 2. The second kappa shape index (κ2) is 8.43. The van der Waals surface area contributed by atoms with E-state index in [0.717, 1.165) is 63.2 Å². The van der Waals surface area contributed by atoms with E-state index in [0.29, 0.717) is 0 Å². The molecule has 2 saturated heterocycles. The number of carbonyl (C=O) groups is 2. The van der Waals surface area contributed by atoms with Crippen LogP contribution in [0.1, 0.15) is 39.0 Å². The normalized spacial score (nSPS) is 21.4. The zero-order valence-corrected chi connectivity index (χ0v) is 15.6. The Labute approximate surface area is 155 Å². The van der Waals surface area contributed by atoms with Crippen molar-refractivity contribution in [3.05, 3.63) is 24.3 Å². The highest BCUT2D eigenvalue weighted by molar-refractivity contribution is 5.86. The largest absolute Gasteiger partial charge is 0.497 e. The second-order valence-electron chi connectivity index (χ2n) is 7.01. The van der Waals surface area contributed by atoms with Crippen LogP contribution in [0.15, 0.2) is 24.3 Å². The number of carbonyl (C=O) groups excluding carboxylic acids is 2. The predicted octanol–water partition coefficient (Wildman–Crippen LogP) is 2.61. The van der Waals surface area contributed by atoms with Gasteiger partial charge in [-0.25, -0.2) is 4.79 Å². The van der Waals surface area contributed by atoms with Crippen molar-refractivity contribution < 1.29 is 19.1 Å². The van der Waals surface area contributed by atoms with E-state index < -0.39 is 6.10 Å². The number of esters is 1. The third kappa shape index (κ3) is 4.11. The molecule has 2 heterocycles. The molecule has 142 valence electrons. The molecule has 2 fully saturated rings. The Balaban J connectivity index is 1.66. The Morgan fingerprint density at radius 3 is 2.35 bits per heavy atom. The van der Waals surface area contributed by atoms with Crippen molar-refractivity contribution >= 4 is 17.6 Å². The maximum Gasteiger partial charge on any atom is 0.329 e. The number of hydrogen-bond acceptors (Lipinski definition) is 5. The monoisotopic (exact) mass is 360 g/mol. The topological polar surface area (TPSA) is 59.1 Å². The SMILES string of the molecule is COc1ccc(N2CCCCC2C(=O)O[C@@H](C)C(=O)N2CCCC2)cc1. The zero-order valence-electron chi connectivity index (χ0n) is 15.6. The molecule has 0 N–H and O–H groups in total. The summed E-state index contributed by atoms with van der Waals surface area (Å²) in [6.07, 6.45) is 4.11. The molecule has 0 bridgehead atoms. The lowest BCUT2D eigenvalue weighted by atomic mass is 10.0. The molecule has 0 radical (unpaired) electrons. The molecule has 0 aliphatic carbocycles. The number of methoxy groups -OCH3 is 1. The van der Waals surface area contributed by atoms with Crippen LogP contribution >= 0.6 is 0 Å². The average Bonchev–Trinajstić information content (AvgIpc) is 3.22. The molecule has 0 saturated carbocycles. The Morgan fingerprint density at radius 1 is 1.04 bits per heavy atom. The van der Waals surface area contributed by atoms with E-state index in [4.69, 9.17) is 9.47 Å². The maximum atomic E-state index is 12.8. The fourth-order valence-electron chi connectivity index (χ4n) is 3.76. The van der Waals surface area contributed by atoms with Gasteiger partial charge in [0.1, 0.15) is 11.8 Å². The molecule has 2 aliphatic heterocycles. The highest BCUT2D eigenvalue weighted by atomic mass is 16.5. The highest BCUT2D eigenvalue weighted by Crippen LogP contribution is 2.27. The molecular weight excluding hydrogens is 332 g/mol. The van der Waals surface area contributed by atoms with Gasteiger partial charge in [-0.2, -0.15) is 0 Å². The summed E-state index contributed by atoms with van der Waals surface area (Å²) >= 11 is 0. The average molecular weight is 360 g/mol. The molecular formula is C20H28N2O4. The Kier molecular flexibility index (Phi) is 6.01. The Bertz CT molecular complexity index is 625. The van der Waals surface area contributed by atoms with Crippen molar-refractivity contribution in [3.63, 3.8) is 0 Å². The molecule has 1 amide bonds. The molecule has 3 rings (SSSR count). The van der Waals surface area contributed by atoms with E-state index in [1.165, 1.54) is 0 Å². The standard InChI is InChI=1S/C20H28N2O4/c1-15(19(23)21-12-5-6-13-21)26-20(24)18-7-3-4-14-22(18)16-8-10-17(25-2)11-9-16/h8-11,15,18H,3-7,12-14H2,1-2H3/t15-,18?/m0/s1. The first kappa shape index (κ1) is 18.5. The van der Waals surface area contributed by atoms with Gasteiger partial charge in [-0.05, 0) is 63.3 Å². The van der Waals surface area contributed by atoms with Gasteiger partial charge in [0.2, 0.25) is 0 Å². The van der Waals surface area contributed by atoms with Crippen molar-refractivity contribution in [1.29, 1.82) is 0 Å². The third-order valence-electron chi connectivity index (χ3n) is 5.24. The van der Waals surface area contributed by atoms with Crippen LogP contribution in [0.25, 0.3) is 0 Å². The van der Waals surface area contributed by atoms with E-state index >= 15 is 0 Å². The predicted molar refractivity (Wildman–Crippen MR) is 99.3 cm³/mol. The first-order chi connectivity index (χ1) is 12.6. The molecule has 26 heavy (non-hydrogen) atoms. The lowest BCUT2D eigenvalue weighted by molar-refractivity contribution is -0.160. The van der Waals surface area contributed by atoms with E-state index in [9.17, 15) is 9.59 Å². The fraction of sp³-hybridized carbons (Fsp3) is 0.600. The van der Waals surface area contributed by atoms with Gasteiger partial charge in [0.15, 0.2) is 6.10 Å². The van der Waals surface area contributed by atoms with Crippen LogP contribution in [0.2, 0.25) is 0 Å². The van der Waals surface area contributed by atoms with E-state index in [2.05, 4.69) is 4.90 Å². The van der Waals surface area contributed by atoms with Gasteiger partial charge >= 0.3 is 5.97 Å².